The molecule has 1 fully saturated rings. The zero-order valence-corrected chi connectivity index (χ0v) is 22.6. The molecule has 1 aliphatic heterocycles. The van der Waals surface area contributed by atoms with Gasteiger partial charge in [0.1, 0.15) is 18.2 Å². The summed E-state index contributed by atoms with van der Waals surface area (Å²) in [5, 5.41) is 12.4. The fraction of sp³-hybridized carbons (Fsp3) is 0.281. The molecule has 7 nitrogen and oxygen atoms in total. The van der Waals surface area contributed by atoms with E-state index in [-0.39, 0.29) is 11.5 Å². The molecule has 0 saturated carbocycles. The topological polar surface area (TPSA) is 91.7 Å². The van der Waals surface area contributed by atoms with Crippen molar-refractivity contribution in [2.24, 2.45) is 0 Å². The molecule has 3 aromatic rings. The van der Waals surface area contributed by atoms with Crippen LogP contribution in [-0.2, 0) is 11.4 Å². The molecule has 0 aliphatic carbocycles. The molecular formula is C32H33N3O4. The van der Waals surface area contributed by atoms with Crippen molar-refractivity contribution in [3.8, 4) is 17.6 Å². The van der Waals surface area contributed by atoms with Crippen molar-refractivity contribution < 1.29 is 19.1 Å². The number of methoxy groups -OCH3 is 1. The number of likely N-dealkylation sites (tertiary alicyclic amines) is 1. The summed E-state index contributed by atoms with van der Waals surface area (Å²) in [6.07, 6.45) is 4.83. The molecule has 1 aliphatic rings. The number of carbonyl (C=O) groups is 2. The summed E-state index contributed by atoms with van der Waals surface area (Å²) in [7, 11) is 1.54. The predicted molar refractivity (Wildman–Crippen MR) is 152 cm³/mol. The first-order chi connectivity index (χ1) is 18.9. The lowest BCUT2D eigenvalue weighted by atomic mass is 10.1. The van der Waals surface area contributed by atoms with Crippen molar-refractivity contribution in [3.63, 3.8) is 0 Å². The number of nitrogens with one attached hydrogen (secondary N) is 1. The van der Waals surface area contributed by atoms with Gasteiger partial charge < -0.3 is 19.7 Å². The van der Waals surface area contributed by atoms with Crippen LogP contribution in [0.5, 0.6) is 11.5 Å². The lowest BCUT2D eigenvalue weighted by Crippen LogP contribution is -2.35. The lowest BCUT2D eigenvalue weighted by Gasteiger charge is -2.26. The highest BCUT2D eigenvalue weighted by Gasteiger charge is 2.18. The zero-order valence-electron chi connectivity index (χ0n) is 22.6. The minimum absolute atomic E-state index is 0.0224. The van der Waals surface area contributed by atoms with Crippen LogP contribution in [0.3, 0.4) is 0 Å². The molecule has 1 heterocycles. The zero-order chi connectivity index (χ0) is 27.8. The van der Waals surface area contributed by atoms with E-state index in [1.54, 1.807) is 18.2 Å². The number of piperidine rings is 1. The van der Waals surface area contributed by atoms with Gasteiger partial charge in [-0.05, 0) is 91.8 Å². The standard InChI is InChI=1S/C32H33N3O4/c1-22-8-7-9-28(23(22)2)34-31(36)27(20-33)18-25-12-15-29(30(19-25)38-3)39-21-24-10-13-26(14-11-24)32(37)35-16-5-4-6-17-35/h7-15,18-19H,4-6,16-17,21H2,1-3H3,(H,34,36)/b27-18-. The molecule has 1 N–H and O–H groups in total. The smallest absolute Gasteiger partial charge is 0.266 e. The number of benzene rings is 3. The fourth-order valence-electron chi connectivity index (χ4n) is 4.47. The van der Waals surface area contributed by atoms with E-state index in [1.807, 2.05) is 67.3 Å². The Balaban J connectivity index is 1.41. The number of aryl methyl sites for hydroxylation is 1. The fourth-order valence-corrected chi connectivity index (χ4v) is 4.47. The molecule has 2 amide bonds. The van der Waals surface area contributed by atoms with Gasteiger partial charge in [-0.15, -0.1) is 0 Å². The minimum atomic E-state index is -0.479. The number of rotatable bonds is 8. The normalized spacial score (nSPS) is 13.4. The van der Waals surface area contributed by atoms with Gasteiger partial charge >= 0.3 is 0 Å². The molecule has 0 atom stereocenters. The minimum Gasteiger partial charge on any atom is -0.493 e. The van der Waals surface area contributed by atoms with E-state index in [9.17, 15) is 14.9 Å². The number of nitrogens with zero attached hydrogens (tertiary/aromatic N) is 2. The van der Waals surface area contributed by atoms with Crippen molar-refractivity contribution >= 4 is 23.6 Å². The average molecular weight is 524 g/mol. The summed E-state index contributed by atoms with van der Waals surface area (Å²) in [5.41, 5.74) is 4.90. The summed E-state index contributed by atoms with van der Waals surface area (Å²) in [4.78, 5) is 27.4. The van der Waals surface area contributed by atoms with E-state index < -0.39 is 5.91 Å². The molecule has 1 saturated heterocycles. The Kier molecular flexibility index (Phi) is 9.01. The molecule has 4 rings (SSSR count). The quantitative estimate of drug-likeness (QED) is 0.286. The molecule has 200 valence electrons. The monoisotopic (exact) mass is 523 g/mol. The van der Waals surface area contributed by atoms with Crippen LogP contribution in [0.25, 0.3) is 6.08 Å². The van der Waals surface area contributed by atoms with Gasteiger partial charge in [0, 0.05) is 24.3 Å². The predicted octanol–water partition coefficient (Wildman–Crippen LogP) is 6.06. The van der Waals surface area contributed by atoms with Crippen molar-refractivity contribution in [1.82, 2.24) is 4.90 Å². The number of ether oxygens (including phenoxy) is 2. The molecule has 0 spiro atoms. The summed E-state index contributed by atoms with van der Waals surface area (Å²) in [6, 6.07) is 20.3. The van der Waals surface area contributed by atoms with Crippen LogP contribution in [0.1, 0.15) is 51.9 Å². The van der Waals surface area contributed by atoms with Gasteiger partial charge in [0.15, 0.2) is 11.5 Å². The van der Waals surface area contributed by atoms with Gasteiger partial charge in [-0.25, -0.2) is 0 Å². The number of hydrogen-bond acceptors (Lipinski definition) is 5. The average Bonchev–Trinajstić information content (AvgIpc) is 2.97. The Hall–Kier alpha value is -4.57. The van der Waals surface area contributed by atoms with Crippen LogP contribution >= 0.6 is 0 Å². The maximum absolute atomic E-state index is 12.8. The Morgan fingerprint density at radius 3 is 2.44 bits per heavy atom. The van der Waals surface area contributed by atoms with Crippen molar-refractivity contribution in [2.75, 3.05) is 25.5 Å². The van der Waals surface area contributed by atoms with E-state index in [0.717, 1.165) is 42.6 Å². The van der Waals surface area contributed by atoms with Gasteiger partial charge in [-0.2, -0.15) is 5.26 Å². The maximum Gasteiger partial charge on any atom is 0.266 e. The van der Waals surface area contributed by atoms with E-state index in [4.69, 9.17) is 9.47 Å². The van der Waals surface area contributed by atoms with Crippen LogP contribution in [0.15, 0.2) is 66.2 Å². The lowest BCUT2D eigenvalue weighted by molar-refractivity contribution is -0.112. The van der Waals surface area contributed by atoms with E-state index in [1.165, 1.54) is 19.6 Å². The van der Waals surface area contributed by atoms with Gasteiger partial charge in [0.25, 0.3) is 11.8 Å². The third kappa shape index (κ3) is 6.85. The second-order valence-corrected chi connectivity index (χ2v) is 9.62. The molecule has 0 radical (unpaired) electrons. The first kappa shape index (κ1) is 27.5. The van der Waals surface area contributed by atoms with Crippen molar-refractivity contribution in [3.05, 3.63) is 94.1 Å². The second-order valence-electron chi connectivity index (χ2n) is 9.62. The number of hydrogen-bond donors (Lipinski definition) is 1. The van der Waals surface area contributed by atoms with E-state index >= 15 is 0 Å². The number of carbonyl (C=O) groups excluding carboxylic acids is 2. The molecule has 7 heteroatoms. The molecule has 39 heavy (non-hydrogen) atoms. The summed E-state index contributed by atoms with van der Waals surface area (Å²) < 4.78 is 11.5. The number of anilines is 1. The first-order valence-corrected chi connectivity index (χ1v) is 13.1. The highest BCUT2D eigenvalue weighted by molar-refractivity contribution is 6.10. The highest BCUT2D eigenvalue weighted by Crippen LogP contribution is 2.30. The first-order valence-electron chi connectivity index (χ1n) is 13.1. The van der Waals surface area contributed by atoms with Crippen LogP contribution in [-0.4, -0.2) is 36.9 Å². The van der Waals surface area contributed by atoms with Crippen molar-refractivity contribution in [2.45, 2.75) is 39.7 Å². The SMILES string of the molecule is COc1cc(/C=C(/C#N)C(=O)Nc2cccc(C)c2C)ccc1OCc1ccc(C(=O)N2CCCCC2)cc1. The highest BCUT2D eigenvalue weighted by atomic mass is 16.5. The molecule has 0 unspecified atom stereocenters. The van der Waals surface area contributed by atoms with Gasteiger partial charge in [0.2, 0.25) is 0 Å². The van der Waals surface area contributed by atoms with Gasteiger partial charge in [0.05, 0.1) is 7.11 Å². The van der Waals surface area contributed by atoms with Crippen LogP contribution in [0, 0.1) is 25.2 Å². The Bertz CT molecular complexity index is 1410. The Labute approximate surface area is 229 Å². The summed E-state index contributed by atoms with van der Waals surface area (Å²) in [5.74, 6) is 0.606. The molecular weight excluding hydrogens is 490 g/mol. The second kappa shape index (κ2) is 12.8. The van der Waals surface area contributed by atoms with Gasteiger partial charge in [-0.3, -0.25) is 9.59 Å². The van der Waals surface area contributed by atoms with Crippen LogP contribution < -0.4 is 14.8 Å². The molecule has 0 bridgehead atoms. The summed E-state index contributed by atoms with van der Waals surface area (Å²) in [6.45, 7) is 5.83. The van der Waals surface area contributed by atoms with Gasteiger partial charge in [-0.1, -0.05) is 30.3 Å². The Morgan fingerprint density at radius 2 is 1.74 bits per heavy atom. The van der Waals surface area contributed by atoms with Crippen LogP contribution in [0.4, 0.5) is 5.69 Å². The molecule has 3 aromatic carbocycles. The number of amides is 2. The number of nitriles is 1. The van der Waals surface area contributed by atoms with Crippen molar-refractivity contribution in [1.29, 1.82) is 5.26 Å². The third-order valence-electron chi connectivity index (χ3n) is 6.96. The molecule has 0 aromatic heterocycles. The summed E-state index contributed by atoms with van der Waals surface area (Å²) >= 11 is 0. The van der Waals surface area contributed by atoms with E-state index in [2.05, 4.69) is 5.32 Å². The van der Waals surface area contributed by atoms with E-state index in [0.29, 0.717) is 34.9 Å². The Morgan fingerprint density at radius 1 is 1.00 bits per heavy atom. The maximum atomic E-state index is 12.8. The third-order valence-corrected chi connectivity index (χ3v) is 6.96. The largest absolute Gasteiger partial charge is 0.493 e. The van der Waals surface area contributed by atoms with Crippen LogP contribution in [0.2, 0.25) is 0 Å².